The van der Waals surface area contributed by atoms with Gasteiger partial charge in [-0.2, -0.15) is 0 Å². The number of likely N-dealkylation sites (tertiary alicyclic amines) is 1. The van der Waals surface area contributed by atoms with Crippen LogP contribution >= 0.6 is 0 Å². The van der Waals surface area contributed by atoms with Crippen LogP contribution in [-0.2, 0) is 11.2 Å². The zero-order chi connectivity index (χ0) is 14.5. The molecule has 20 heavy (non-hydrogen) atoms. The zero-order valence-electron chi connectivity index (χ0n) is 11.2. The van der Waals surface area contributed by atoms with Crippen LogP contribution in [0.5, 0.6) is 0 Å². The summed E-state index contributed by atoms with van der Waals surface area (Å²) in [5.41, 5.74) is 1.13. The van der Waals surface area contributed by atoms with Crippen molar-refractivity contribution >= 4 is 11.7 Å². The molecule has 1 aliphatic rings. The number of carboxylic acid groups (broad SMARTS) is 1. The lowest BCUT2D eigenvalue weighted by Crippen LogP contribution is -2.33. The fourth-order valence-electron chi connectivity index (χ4n) is 2.68. The van der Waals surface area contributed by atoms with E-state index in [9.17, 15) is 14.9 Å². The van der Waals surface area contributed by atoms with E-state index in [0.717, 1.165) is 37.9 Å². The average Bonchev–Trinajstić information content (AvgIpc) is 2.83. The molecule has 1 unspecified atom stereocenters. The first-order valence-corrected chi connectivity index (χ1v) is 6.75. The Morgan fingerprint density at radius 1 is 1.40 bits per heavy atom. The predicted molar refractivity (Wildman–Crippen MR) is 73.6 cm³/mol. The van der Waals surface area contributed by atoms with Gasteiger partial charge in [0, 0.05) is 24.7 Å². The predicted octanol–water partition coefficient (Wildman–Crippen LogP) is 2.08. The summed E-state index contributed by atoms with van der Waals surface area (Å²) in [6, 6.07) is 6.67. The normalized spacial score (nSPS) is 19.1. The molecule has 1 atom stereocenters. The molecule has 0 radical (unpaired) electrons. The Hall–Kier alpha value is -1.95. The minimum atomic E-state index is -0.753. The Bertz CT molecular complexity index is 486. The van der Waals surface area contributed by atoms with Gasteiger partial charge in [-0.1, -0.05) is 12.1 Å². The second-order valence-electron chi connectivity index (χ2n) is 5.10. The van der Waals surface area contributed by atoms with E-state index < -0.39 is 10.9 Å². The van der Waals surface area contributed by atoms with Crippen molar-refractivity contribution in [2.24, 2.45) is 0 Å². The highest BCUT2D eigenvalue weighted by Gasteiger charge is 2.25. The summed E-state index contributed by atoms with van der Waals surface area (Å²) in [6.07, 6.45) is 2.96. The lowest BCUT2D eigenvalue weighted by Gasteiger charge is -2.22. The van der Waals surface area contributed by atoms with Crippen molar-refractivity contribution in [1.29, 1.82) is 0 Å². The van der Waals surface area contributed by atoms with Crippen LogP contribution in [0.15, 0.2) is 24.3 Å². The molecule has 1 aromatic rings. The van der Waals surface area contributed by atoms with Crippen LogP contribution in [-0.4, -0.2) is 40.0 Å². The molecule has 6 nitrogen and oxygen atoms in total. The van der Waals surface area contributed by atoms with Gasteiger partial charge >= 0.3 is 5.97 Å². The number of non-ortho nitro benzene ring substituents is 1. The Morgan fingerprint density at radius 3 is 2.70 bits per heavy atom. The Balaban J connectivity index is 1.88. The maximum atomic E-state index is 10.8. The van der Waals surface area contributed by atoms with Gasteiger partial charge in [-0.15, -0.1) is 0 Å². The fourth-order valence-corrected chi connectivity index (χ4v) is 2.68. The second-order valence-corrected chi connectivity index (χ2v) is 5.10. The quantitative estimate of drug-likeness (QED) is 0.636. The summed E-state index contributed by atoms with van der Waals surface area (Å²) >= 11 is 0. The number of hydrogen-bond acceptors (Lipinski definition) is 4. The van der Waals surface area contributed by atoms with E-state index in [2.05, 4.69) is 4.90 Å². The average molecular weight is 278 g/mol. The van der Waals surface area contributed by atoms with Gasteiger partial charge in [0.15, 0.2) is 0 Å². The minimum absolute atomic E-state index is 0.0960. The van der Waals surface area contributed by atoms with Crippen molar-refractivity contribution in [1.82, 2.24) is 4.90 Å². The molecule has 0 aliphatic carbocycles. The third kappa shape index (κ3) is 3.77. The molecule has 1 saturated heterocycles. The number of benzene rings is 1. The molecule has 1 heterocycles. The molecule has 1 aliphatic heterocycles. The van der Waals surface area contributed by atoms with E-state index in [1.54, 1.807) is 12.1 Å². The molecule has 1 fully saturated rings. The fraction of sp³-hybridized carbons (Fsp3) is 0.500. The Labute approximate surface area is 117 Å². The van der Waals surface area contributed by atoms with Gasteiger partial charge in [0.1, 0.15) is 0 Å². The molecule has 1 N–H and O–H groups in total. The van der Waals surface area contributed by atoms with Gasteiger partial charge in [0.25, 0.3) is 5.69 Å². The van der Waals surface area contributed by atoms with Crippen molar-refractivity contribution in [3.05, 3.63) is 39.9 Å². The molecular formula is C14H18N2O4. The van der Waals surface area contributed by atoms with Crippen molar-refractivity contribution in [2.75, 3.05) is 13.1 Å². The lowest BCUT2D eigenvalue weighted by atomic mass is 10.1. The maximum absolute atomic E-state index is 10.8. The third-order valence-corrected chi connectivity index (χ3v) is 3.74. The summed E-state index contributed by atoms with van der Waals surface area (Å²) in [5.74, 6) is -0.753. The highest BCUT2D eigenvalue weighted by molar-refractivity contribution is 5.67. The van der Waals surface area contributed by atoms with Crippen molar-refractivity contribution in [3.8, 4) is 0 Å². The van der Waals surface area contributed by atoms with Crippen molar-refractivity contribution < 1.29 is 14.8 Å². The number of nitro benzene ring substituents is 1. The van der Waals surface area contributed by atoms with Gasteiger partial charge in [0.05, 0.1) is 11.3 Å². The number of carboxylic acids is 1. The molecule has 0 amide bonds. The van der Waals surface area contributed by atoms with Crippen LogP contribution in [0.2, 0.25) is 0 Å². The summed E-state index contributed by atoms with van der Waals surface area (Å²) in [5, 5.41) is 19.4. The molecule has 2 rings (SSSR count). The number of aliphatic carboxylic acids is 1. The molecule has 0 spiro atoms. The molecule has 0 bridgehead atoms. The molecule has 1 aromatic carbocycles. The molecule has 0 aromatic heterocycles. The van der Waals surface area contributed by atoms with E-state index in [-0.39, 0.29) is 18.2 Å². The number of carbonyl (C=O) groups is 1. The van der Waals surface area contributed by atoms with Gasteiger partial charge in [-0.3, -0.25) is 19.8 Å². The van der Waals surface area contributed by atoms with Crippen molar-refractivity contribution in [3.63, 3.8) is 0 Å². The van der Waals surface area contributed by atoms with E-state index in [4.69, 9.17) is 5.11 Å². The molecule has 0 saturated carbocycles. The van der Waals surface area contributed by atoms with Crippen molar-refractivity contribution in [2.45, 2.75) is 31.7 Å². The van der Waals surface area contributed by atoms with Gasteiger partial charge in [0.2, 0.25) is 0 Å². The molecule has 6 heteroatoms. The standard InChI is InChI=1S/C14H18N2O4/c17-14(18)10-13-2-1-8-15(13)9-7-11-3-5-12(6-4-11)16(19)20/h3-6,13H,1-2,7-10H2,(H,17,18). The summed E-state index contributed by atoms with van der Waals surface area (Å²) in [4.78, 5) is 23.1. The zero-order valence-corrected chi connectivity index (χ0v) is 11.2. The number of nitrogens with zero attached hydrogens (tertiary/aromatic N) is 2. The Morgan fingerprint density at radius 2 is 2.10 bits per heavy atom. The highest BCUT2D eigenvalue weighted by atomic mass is 16.6. The van der Waals surface area contributed by atoms with Crippen LogP contribution in [0.3, 0.4) is 0 Å². The van der Waals surface area contributed by atoms with E-state index in [1.165, 1.54) is 12.1 Å². The molecular weight excluding hydrogens is 260 g/mol. The van der Waals surface area contributed by atoms with E-state index in [0.29, 0.717) is 0 Å². The van der Waals surface area contributed by atoms with Crippen LogP contribution in [0, 0.1) is 10.1 Å². The lowest BCUT2D eigenvalue weighted by molar-refractivity contribution is -0.384. The first kappa shape index (κ1) is 14.5. The second kappa shape index (κ2) is 6.47. The van der Waals surface area contributed by atoms with Crippen LogP contribution in [0.25, 0.3) is 0 Å². The number of nitro groups is 1. The molecule has 108 valence electrons. The smallest absolute Gasteiger partial charge is 0.304 e. The maximum Gasteiger partial charge on any atom is 0.304 e. The minimum Gasteiger partial charge on any atom is -0.481 e. The summed E-state index contributed by atoms with van der Waals surface area (Å²) < 4.78 is 0. The third-order valence-electron chi connectivity index (χ3n) is 3.74. The van der Waals surface area contributed by atoms with Gasteiger partial charge in [-0.25, -0.2) is 0 Å². The SMILES string of the molecule is O=C(O)CC1CCCN1CCc1ccc([N+](=O)[O-])cc1. The van der Waals surface area contributed by atoms with E-state index >= 15 is 0 Å². The van der Waals surface area contributed by atoms with Gasteiger partial charge in [-0.05, 0) is 31.4 Å². The van der Waals surface area contributed by atoms with E-state index in [1.807, 2.05) is 0 Å². The monoisotopic (exact) mass is 278 g/mol. The first-order chi connectivity index (χ1) is 9.56. The topological polar surface area (TPSA) is 83.7 Å². The van der Waals surface area contributed by atoms with Gasteiger partial charge < -0.3 is 5.11 Å². The number of hydrogen-bond donors (Lipinski definition) is 1. The summed E-state index contributed by atoms with van der Waals surface area (Å²) in [6.45, 7) is 1.74. The van der Waals surface area contributed by atoms with Crippen LogP contribution in [0.4, 0.5) is 5.69 Å². The number of rotatable bonds is 6. The summed E-state index contributed by atoms with van der Waals surface area (Å²) in [7, 11) is 0. The van der Waals surface area contributed by atoms with Crippen LogP contribution in [0.1, 0.15) is 24.8 Å². The highest BCUT2D eigenvalue weighted by Crippen LogP contribution is 2.21. The first-order valence-electron chi connectivity index (χ1n) is 6.75. The largest absolute Gasteiger partial charge is 0.481 e. The Kier molecular flexibility index (Phi) is 4.68. The van der Waals surface area contributed by atoms with Crippen LogP contribution < -0.4 is 0 Å².